The largest absolute Gasteiger partial charge is 0.334 e. The third-order valence-corrected chi connectivity index (χ3v) is 9.99. The van der Waals surface area contributed by atoms with Crippen LogP contribution in [0.4, 0.5) is 17.3 Å². The molecule has 0 N–H and O–H groups in total. The van der Waals surface area contributed by atoms with Crippen LogP contribution in [0.25, 0.3) is 27.5 Å². The molecule has 2 atom stereocenters. The number of benzene rings is 4. The summed E-state index contributed by atoms with van der Waals surface area (Å²) in [4.78, 5) is 17.1. The van der Waals surface area contributed by atoms with Gasteiger partial charge in [-0.3, -0.25) is 0 Å². The van der Waals surface area contributed by atoms with Crippen molar-refractivity contribution in [3.63, 3.8) is 0 Å². The predicted octanol–water partition coefficient (Wildman–Crippen LogP) is 6.61. The van der Waals surface area contributed by atoms with Crippen LogP contribution in [0.5, 0.6) is 0 Å². The van der Waals surface area contributed by atoms with Crippen LogP contribution < -0.4 is 9.80 Å². The van der Waals surface area contributed by atoms with E-state index in [0.717, 1.165) is 11.6 Å². The molecule has 6 heterocycles. The van der Waals surface area contributed by atoms with Gasteiger partial charge in [0.15, 0.2) is 11.6 Å². The van der Waals surface area contributed by atoms with Gasteiger partial charge in [0, 0.05) is 45.6 Å². The van der Waals surface area contributed by atoms with E-state index in [1.807, 2.05) is 18.0 Å². The van der Waals surface area contributed by atoms with Crippen molar-refractivity contribution in [1.82, 2.24) is 14.5 Å². The molecule has 5 nitrogen and oxygen atoms in total. The molecule has 0 saturated heterocycles. The summed E-state index contributed by atoms with van der Waals surface area (Å²) >= 11 is 1.91. The summed E-state index contributed by atoms with van der Waals surface area (Å²) in [5.74, 6) is 1.87. The maximum absolute atomic E-state index is 4.86. The molecule has 0 saturated carbocycles. The van der Waals surface area contributed by atoms with Crippen LogP contribution in [0.2, 0.25) is 0 Å². The fourth-order valence-electron chi connectivity index (χ4n) is 7.67. The van der Waals surface area contributed by atoms with Crippen LogP contribution >= 0.6 is 11.8 Å². The molecule has 10 rings (SSSR count). The van der Waals surface area contributed by atoms with Crippen molar-refractivity contribution in [3.05, 3.63) is 108 Å². The van der Waals surface area contributed by atoms with Gasteiger partial charge in [-0.1, -0.05) is 54.2 Å². The molecule has 0 aliphatic carbocycles. The first-order chi connectivity index (χ1) is 18.3. The average Bonchev–Trinajstić information content (AvgIpc) is 3.51. The van der Waals surface area contributed by atoms with E-state index in [1.165, 1.54) is 59.7 Å². The van der Waals surface area contributed by atoms with E-state index in [-0.39, 0.29) is 6.17 Å². The predicted molar refractivity (Wildman–Crippen MR) is 148 cm³/mol. The maximum atomic E-state index is 4.86. The van der Waals surface area contributed by atoms with Gasteiger partial charge in [-0.15, -0.1) is 0 Å². The van der Waals surface area contributed by atoms with E-state index in [1.54, 1.807) is 6.20 Å². The minimum absolute atomic E-state index is 0.00447. The summed E-state index contributed by atoms with van der Waals surface area (Å²) in [6, 6.07) is 29.6. The lowest BCUT2D eigenvalue weighted by Crippen LogP contribution is -2.52. The van der Waals surface area contributed by atoms with Gasteiger partial charge in [-0.25, -0.2) is 9.97 Å². The number of hydrogen-bond acceptors (Lipinski definition) is 5. The van der Waals surface area contributed by atoms with Crippen LogP contribution in [-0.4, -0.2) is 27.7 Å². The van der Waals surface area contributed by atoms with Gasteiger partial charge in [0.1, 0.15) is 6.17 Å². The number of likely N-dealkylation sites (N-methyl/N-ethyl adjacent to an activating group) is 1. The Hall–Kier alpha value is -4.29. The van der Waals surface area contributed by atoms with E-state index >= 15 is 0 Å². The van der Waals surface area contributed by atoms with Gasteiger partial charge in [0.25, 0.3) is 0 Å². The number of rotatable bonds is 0. The van der Waals surface area contributed by atoms with Crippen LogP contribution in [0.3, 0.4) is 0 Å². The van der Waals surface area contributed by atoms with Crippen molar-refractivity contribution in [2.75, 3.05) is 16.8 Å². The molecule has 4 aromatic carbocycles. The highest BCUT2D eigenvalue weighted by molar-refractivity contribution is 7.99. The first kappa shape index (κ1) is 18.9. The smallest absolute Gasteiger partial charge is 0.178 e. The number of anilines is 3. The fraction of sp³-hybridized carbons (Fsp3) is 0.0968. The third-order valence-electron chi connectivity index (χ3n) is 8.87. The van der Waals surface area contributed by atoms with Gasteiger partial charge >= 0.3 is 0 Å². The molecule has 0 fully saturated rings. The highest BCUT2D eigenvalue weighted by Gasteiger charge is 2.63. The highest BCUT2D eigenvalue weighted by Crippen LogP contribution is 2.67. The number of aromatic nitrogens is 3. The Morgan fingerprint density at radius 2 is 1.54 bits per heavy atom. The molecular formula is C31H19N5S. The molecule has 4 aliphatic rings. The summed E-state index contributed by atoms with van der Waals surface area (Å²) in [5.41, 5.74) is 8.73. The highest BCUT2D eigenvalue weighted by atomic mass is 32.2. The molecule has 4 aliphatic heterocycles. The summed E-state index contributed by atoms with van der Waals surface area (Å²) in [7, 11) is 2.18. The van der Waals surface area contributed by atoms with Crippen molar-refractivity contribution in [1.29, 1.82) is 0 Å². The number of hydrogen-bond donors (Lipinski definition) is 0. The first-order valence-electron chi connectivity index (χ1n) is 12.6. The first-order valence-corrected chi connectivity index (χ1v) is 13.4. The lowest BCUT2D eigenvalue weighted by Gasteiger charge is -2.43. The quantitative estimate of drug-likeness (QED) is 0.238. The van der Waals surface area contributed by atoms with E-state index in [9.17, 15) is 0 Å². The standard InChI is InChI=1S/C31H19N5S/c1-34-28-29(33-14-13-32-28)36-23-11-6-12-25-27(23)31(30(34)36)19-8-3-5-10-22(19)35-21-9-4-2-7-17(21)18-15-26(37-25)20(31)16-24(18)35/h2-16,30H,1H3. The van der Waals surface area contributed by atoms with Crippen molar-refractivity contribution in [3.8, 4) is 5.69 Å². The van der Waals surface area contributed by atoms with Crippen molar-refractivity contribution >= 4 is 50.9 Å². The number of para-hydroxylation sites is 2. The molecular weight excluding hydrogens is 474 g/mol. The second-order valence-corrected chi connectivity index (χ2v) is 11.4. The monoisotopic (exact) mass is 493 g/mol. The summed E-state index contributed by atoms with van der Waals surface area (Å²) in [5, 5.41) is 2.62. The van der Waals surface area contributed by atoms with Gasteiger partial charge in [-0.05, 0) is 47.5 Å². The SMILES string of the molecule is CN1c2nccnc2N2c3cccc4c3C3(c5cc6c(cc5S4)c4ccccc4n6-c4ccccc43)C12. The second-order valence-electron chi connectivity index (χ2n) is 10.4. The topological polar surface area (TPSA) is 37.2 Å². The zero-order valence-corrected chi connectivity index (χ0v) is 20.7. The van der Waals surface area contributed by atoms with Crippen LogP contribution in [-0.2, 0) is 5.41 Å². The average molecular weight is 494 g/mol. The molecule has 6 aromatic rings. The summed E-state index contributed by atoms with van der Waals surface area (Å²) < 4.78 is 2.49. The Kier molecular flexibility index (Phi) is 3.06. The van der Waals surface area contributed by atoms with E-state index in [2.05, 4.69) is 100 Å². The Labute approximate surface area is 217 Å². The Morgan fingerprint density at radius 3 is 2.49 bits per heavy atom. The Morgan fingerprint density at radius 1 is 0.730 bits per heavy atom. The molecule has 174 valence electrons. The van der Waals surface area contributed by atoms with E-state index in [0.29, 0.717) is 0 Å². The summed E-state index contributed by atoms with van der Waals surface area (Å²) in [6.45, 7) is 0. The second kappa shape index (κ2) is 5.98. The third kappa shape index (κ3) is 1.86. The van der Waals surface area contributed by atoms with Crippen LogP contribution in [0.15, 0.2) is 101 Å². The van der Waals surface area contributed by atoms with E-state index < -0.39 is 5.41 Å². The zero-order chi connectivity index (χ0) is 24.0. The van der Waals surface area contributed by atoms with Gasteiger partial charge in [0.2, 0.25) is 0 Å². The molecule has 6 heteroatoms. The fourth-order valence-corrected chi connectivity index (χ4v) is 8.93. The molecule has 0 amide bonds. The Balaban J connectivity index is 1.46. The lowest BCUT2D eigenvalue weighted by atomic mass is 9.67. The normalized spacial score (nSPS) is 21.3. The van der Waals surface area contributed by atoms with Crippen LogP contribution in [0, 0.1) is 0 Å². The van der Waals surface area contributed by atoms with Crippen molar-refractivity contribution < 1.29 is 0 Å². The minimum atomic E-state index is -0.394. The zero-order valence-electron chi connectivity index (χ0n) is 19.9. The molecule has 2 aromatic heterocycles. The maximum Gasteiger partial charge on any atom is 0.178 e. The van der Waals surface area contributed by atoms with Crippen molar-refractivity contribution in [2.24, 2.45) is 0 Å². The Bertz CT molecular complexity index is 2030. The van der Waals surface area contributed by atoms with Gasteiger partial charge < -0.3 is 14.4 Å². The number of fused-ring (bicyclic) bond motifs is 9. The van der Waals surface area contributed by atoms with Crippen molar-refractivity contribution in [2.45, 2.75) is 21.4 Å². The number of nitrogens with zero attached hydrogens (tertiary/aromatic N) is 5. The molecule has 0 radical (unpaired) electrons. The van der Waals surface area contributed by atoms with Crippen LogP contribution in [0.1, 0.15) is 16.7 Å². The summed E-state index contributed by atoms with van der Waals surface area (Å²) in [6.07, 6.45) is 3.61. The molecule has 2 bridgehead atoms. The molecule has 1 spiro atoms. The molecule has 37 heavy (non-hydrogen) atoms. The minimum Gasteiger partial charge on any atom is -0.334 e. The molecule has 2 unspecified atom stereocenters. The van der Waals surface area contributed by atoms with Gasteiger partial charge in [-0.2, -0.15) is 0 Å². The van der Waals surface area contributed by atoms with Gasteiger partial charge in [0.05, 0.1) is 27.8 Å². The van der Waals surface area contributed by atoms with E-state index in [4.69, 9.17) is 9.97 Å². The lowest BCUT2D eigenvalue weighted by molar-refractivity contribution is 0.493.